The van der Waals surface area contributed by atoms with Crippen molar-refractivity contribution in [3.63, 3.8) is 0 Å². The van der Waals surface area contributed by atoms with Gasteiger partial charge in [0, 0.05) is 75.4 Å². The van der Waals surface area contributed by atoms with E-state index in [1.54, 1.807) is 24.3 Å². The Morgan fingerprint density at radius 1 is 1.07 bits per heavy atom. The number of carbonyl (C=O) groups excluding carboxylic acids is 3. The third-order valence-corrected chi connectivity index (χ3v) is 8.78. The highest BCUT2D eigenvalue weighted by molar-refractivity contribution is 5.96. The van der Waals surface area contributed by atoms with Gasteiger partial charge in [-0.05, 0) is 62.9 Å². The maximum atomic E-state index is 13.1. The van der Waals surface area contributed by atoms with E-state index in [-0.39, 0.29) is 23.8 Å². The number of nitrogens with one attached hydrogen (secondary N) is 1. The predicted molar refractivity (Wildman–Crippen MR) is 154 cm³/mol. The summed E-state index contributed by atoms with van der Waals surface area (Å²) in [6.45, 7) is 12.1. The number of nitrogens with zero attached hydrogens (tertiary/aromatic N) is 4. The summed E-state index contributed by atoms with van der Waals surface area (Å²) in [7, 11) is 2.05. The van der Waals surface area contributed by atoms with Crippen molar-refractivity contribution < 1.29 is 23.9 Å². The van der Waals surface area contributed by atoms with Gasteiger partial charge in [-0.3, -0.25) is 14.3 Å². The minimum Gasteiger partial charge on any atom is -0.462 e. The molecular weight excluding hydrogens is 522 g/mol. The fourth-order valence-electron chi connectivity index (χ4n) is 6.10. The van der Waals surface area contributed by atoms with E-state index in [9.17, 15) is 14.4 Å². The lowest BCUT2D eigenvalue weighted by Gasteiger charge is -2.36. The summed E-state index contributed by atoms with van der Waals surface area (Å²) in [6.07, 6.45) is 3.18. The molecule has 0 saturated carbocycles. The van der Waals surface area contributed by atoms with Crippen LogP contribution in [0, 0.1) is 10.8 Å². The smallest absolute Gasteiger partial charge is 0.338 e. The van der Waals surface area contributed by atoms with E-state index >= 15 is 0 Å². The molecule has 1 N–H and O–H groups in total. The topological polar surface area (TPSA) is 106 Å². The number of likely N-dealkylation sites (N-methyl/N-ethyl adjacent to an activating group) is 1. The molecule has 0 unspecified atom stereocenters. The quantitative estimate of drug-likeness (QED) is 0.515. The average Bonchev–Trinajstić information content (AvgIpc) is 3.23. The van der Waals surface area contributed by atoms with Gasteiger partial charge >= 0.3 is 5.97 Å². The molecule has 2 fully saturated rings. The van der Waals surface area contributed by atoms with Crippen LogP contribution in [-0.2, 0) is 28.9 Å². The highest BCUT2D eigenvalue weighted by atomic mass is 16.5. The zero-order valence-electron chi connectivity index (χ0n) is 24.8. The van der Waals surface area contributed by atoms with E-state index in [1.807, 2.05) is 16.5 Å². The van der Waals surface area contributed by atoms with Crippen molar-refractivity contribution in [2.24, 2.45) is 10.8 Å². The van der Waals surface area contributed by atoms with Crippen molar-refractivity contribution in [2.45, 2.75) is 53.0 Å². The lowest BCUT2D eigenvalue weighted by molar-refractivity contribution is 0.0159. The molecule has 2 amide bonds. The van der Waals surface area contributed by atoms with Gasteiger partial charge in [0.15, 0.2) is 0 Å². The molecule has 5 rings (SSSR count). The number of amides is 2. The first-order chi connectivity index (χ1) is 19.6. The van der Waals surface area contributed by atoms with Gasteiger partial charge in [-0.25, -0.2) is 4.79 Å². The number of fused-ring (bicyclic) bond motifs is 1. The monoisotopic (exact) mass is 565 g/mol. The number of hydrogen-bond donors (Lipinski definition) is 1. The van der Waals surface area contributed by atoms with Crippen LogP contribution >= 0.6 is 0 Å². The van der Waals surface area contributed by atoms with Gasteiger partial charge in [-0.15, -0.1) is 0 Å². The molecule has 10 nitrogen and oxygen atoms in total. The first-order valence-electron chi connectivity index (χ1n) is 14.8. The van der Waals surface area contributed by atoms with Gasteiger partial charge in [0.2, 0.25) is 0 Å². The number of piperazine rings is 1. The molecule has 3 aliphatic rings. The summed E-state index contributed by atoms with van der Waals surface area (Å²) in [5, 5.41) is 8.02. The third-order valence-electron chi connectivity index (χ3n) is 8.78. The summed E-state index contributed by atoms with van der Waals surface area (Å²) >= 11 is 0. The van der Waals surface area contributed by atoms with Crippen molar-refractivity contribution >= 4 is 17.8 Å². The van der Waals surface area contributed by atoms with Gasteiger partial charge in [-0.2, -0.15) is 5.10 Å². The van der Waals surface area contributed by atoms with Gasteiger partial charge < -0.3 is 24.6 Å². The molecule has 4 heterocycles. The molecule has 1 spiro atoms. The van der Waals surface area contributed by atoms with Crippen LogP contribution in [0.2, 0.25) is 0 Å². The molecule has 2 aromatic rings. The summed E-state index contributed by atoms with van der Waals surface area (Å²) in [4.78, 5) is 43.0. The summed E-state index contributed by atoms with van der Waals surface area (Å²) in [5.41, 5.74) is 3.14. The van der Waals surface area contributed by atoms with Crippen LogP contribution in [0.4, 0.5) is 0 Å². The van der Waals surface area contributed by atoms with Crippen molar-refractivity contribution in [1.29, 1.82) is 0 Å². The Morgan fingerprint density at radius 2 is 1.73 bits per heavy atom. The summed E-state index contributed by atoms with van der Waals surface area (Å²) in [6, 6.07) is 6.72. The van der Waals surface area contributed by atoms with E-state index < -0.39 is 11.4 Å². The van der Waals surface area contributed by atoms with E-state index in [2.05, 4.69) is 31.1 Å². The minimum absolute atomic E-state index is 0.0130. The van der Waals surface area contributed by atoms with E-state index in [0.29, 0.717) is 62.6 Å². The Bertz CT molecular complexity index is 1270. The molecule has 2 saturated heterocycles. The molecule has 41 heavy (non-hydrogen) atoms. The average molecular weight is 566 g/mol. The van der Waals surface area contributed by atoms with E-state index in [1.165, 1.54) is 0 Å². The van der Waals surface area contributed by atoms with Crippen LogP contribution < -0.4 is 5.32 Å². The number of esters is 1. The Balaban J connectivity index is 1.24. The summed E-state index contributed by atoms with van der Waals surface area (Å²) in [5.74, 6) is -0.501. The Labute approximate surface area is 242 Å². The molecule has 0 atom stereocenters. The molecule has 1 aromatic carbocycles. The maximum absolute atomic E-state index is 13.1. The zero-order chi connectivity index (χ0) is 29.2. The Hall–Kier alpha value is -3.24. The number of rotatable bonds is 7. The van der Waals surface area contributed by atoms with Crippen molar-refractivity contribution in [1.82, 2.24) is 24.9 Å². The van der Waals surface area contributed by atoms with Crippen molar-refractivity contribution in [2.75, 3.05) is 59.6 Å². The second-order valence-electron chi connectivity index (χ2n) is 12.7. The Kier molecular flexibility index (Phi) is 8.52. The van der Waals surface area contributed by atoms with Crippen molar-refractivity contribution in [3.8, 4) is 0 Å². The standard InChI is InChI=1S/C31H43N5O5/c1-5-36-26-24(18-31(20-32-27(26)37)10-16-40-17-11-31)25(33-36)19-30(2,3)21-41-29(39)23-8-6-22(7-9-23)28(38)35-14-12-34(4)13-15-35/h6-9H,5,10-21H2,1-4H3,(H,32,37). The first kappa shape index (κ1) is 29.3. The van der Waals surface area contributed by atoms with Crippen LogP contribution in [0.3, 0.4) is 0 Å². The van der Waals surface area contributed by atoms with Crippen LogP contribution in [-0.4, -0.2) is 97.0 Å². The number of ether oxygens (including phenoxy) is 2. The van der Waals surface area contributed by atoms with Crippen LogP contribution in [0.1, 0.15) is 76.1 Å². The highest BCUT2D eigenvalue weighted by Gasteiger charge is 2.40. The molecule has 10 heteroatoms. The fourth-order valence-corrected chi connectivity index (χ4v) is 6.10. The maximum Gasteiger partial charge on any atom is 0.338 e. The second kappa shape index (κ2) is 11.9. The van der Waals surface area contributed by atoms with Crippen molar-refractivity contribution in [3.05, 3.63) is 52.3 Å². The lowest BCUT2D eigenvalue weighted by Crippen LogP contribution is -2.47. The first-order valence-corrected chi connectivity index (χ1v) is 14.8. The van der Waals surface area contributed by atoms with E-state index in [0.717, 1.165) is 43.6 Å². The minimum atomic E-state index is -0.421. The van der Waals surface area contributed by atoms with Crippen LogP contribution in [0.25, 0.3) is 0 Å². The highest BCUT2D eigenvalue weighted by Crippen LogP contribution is 2.39. The molecule has 1 aromatic heterocycles. The molecular formula is C31H43N5O5. The molecule has 0 aliphatic carbocycles. The zero-order valence-corrected chi connectivity index (χ0v) is 24.8. The van der Waals surface area contributed by atoms with Gasteiger partial charge in [0.25, 0.3) is 11.8 Å². The Morgan fingerprint density at radius 3 is 2.39 bits per heavy atom. The van der Waals surface area contributed by atoms with Gasteiger partial charge in [0.05, 0.1) is 17.9 Å². The molecule has 0 bridgehead atoms. The predicted octanol–water partition coefficient (Wildman–Crippen LogP) is 2.80. The normalized spacial score (nSPS) is 19.4. The number of aryl methyl sites for hydroxylation is 1. The van der Waals surface area contributed by atoms with Gasteiger partial charge in [-0.1, -0.05) is 13.8 Å². The SMILES string of the molecule is CCn1nc(CC(C)(C)COC(=O)c2ccc(C(=O)N3CCN(C)CC3)cc2)c2c1C(=O)NCC1(CCOCC1)C2. The van der Waals surface area contributed by atoms with E-state index in [4.69, 9.17) is 14.6 Å². The number of hydrogen-bond acceptors (Lipinski definition) is 7. The third kappa shape index (κ3) is 6.48. The molecule has 222 valence electrons. The number of carbonyl (C=O) groups is 3. The van der Waals surface area contributed by atoms with Crippen LogP contribution in [0.5, 0.6) is 0 Å². The van der Waals surface area contributed by atoms with Gasteiger partial charge in [0.1, 0.15) is 5.69 Å². The lowest BCUT2D eigenvalue weighted by atomic mass is 9.74. The second-order valence-corrected chi connectivity index (χ2v) is 12.7. The number of aromatic nitrogens is 2. The largest absolute Gasteiger partial charge is 0.462 e. The molecule has 0 radical (unpaired) electrons. The molecule has 3 aliphatic heterocycles. The van der Waals surface area contributed by atoms with Crippen LogP contribution in [0.15, 0.2) is 24.3 Å². The fraction of sp³-hybridized carbons (Fsp3) is 0.613. The summed E-state index contributed by atoms with van der Waals surface area (Å²) < 4.78 is 13.2. The number of benzene rings is 1.